The van der Waals surface area contributed by atoms with Gasteiger partial charge in [-0.15, -0.1) is 0 Å². The fraction of sp³-hybridized carbons (Fsp3) is 0.346. The second-order valence-electron chi connectivity index (χ2n) is 9.28. The molecule has 35 heavy (non-hydrogen) atoms. The van der Waals surface area contributed by atoms with Crippen LogP contribution in [0.2, 0.25) is 5.02 Å². The quantitative estimate of drug-likeness (QED) is 0.523. The summed E-state index contributed by atoms with van der Waals surface area (Å²) in [5, 5.41) is 3.27. The van der Waals surface area contributed by atoms with Gasteiger partial charge in [0.25, 0.3) is 11.8 Å². The number of hydrogen-bond acceptors (Lipinski definition) is 4. The van der Waals surface area contributed by atoms with E-state index in [0.717, 1.165) is 31.6 Å². The molecule has 5 rings (SSSR count). The van der Waals surface area contributed by atoms with Crippen LogP contribution in [0.5, 0.6) is 0 Å². The van der Waals surface area contributed by atoms with E-state index in [9.17, 15) is 14.0 Å². The van der Waals surface area contributed by atoms with Gasteiger partial charge in [0.1, 0.15) is 11.5 Å². The van der Waals surface area contributed by atoms with Gasteiger partial charge >= 0.3 is 0 Å². The van der Waals surface area contributed by atoms with Gasteiger partial charge in [-0.1, -0.05) is 48.0 Å². The van der Waals surface area contributed by atoms with Gasteiger partial charge < -0.3 is 20.1 Å². The van der Waals surface area contributed by atoms with E-state index in [4.69, 9.17) is 11.6 Å². The van der Waals surface area contributed by atoms with Crippen molar-refractivity contribution in [3.8, 4) is 0 Å². The minimum absolute atomic E-state index is 0.0373. The molecule has 2 fully saturated rings. The first-order valence-corrected chi connectivity index (χ1v) is 12.2. The van der Waals surface area contributed by atoms with Crippen LogP contribution in [0.1, 0.15) is 38.9 Å². The lowest BCUT2D eigenvalue weighted by Gasteiger charge is -2.25. The van der Waals surface area contributed by atoms with E-state index >= 15 is 0 Å². The predicted octanol–water partition coefficient (Wildman–Crippen LogP) is 3.77. The summed E-state index contributed by atoms with van der Waals surface area (Å²) in [7, 11) is 0. The van der Waals surface area contributed by atoms with Crippen molar-refractivity contribution in [3.63, 3.8) is 0 Å². The Morgan fingerprint density at radius 3 is 2.49 bits per heavy atom. The van der Waals surface area contributed by atoms with Gasteiger partial charge in [0.2, 0.25) is 0 Å². The number of aromatic amines is 1. The van der Waals surface area contributed by atoms with Crippen molar-refractivity contribution < 1.29 is 14.0 Å². The lowest BCUT2D eigenvalue weighted by Crippen LogP contribution is -2.35. The van der Waals surface area contributed by atoms with Crippen LogP contribution in [0.4, 0.5) is 4.39 Å². The van der Waals surface area contributed by atoms with E-state index in [-0.39, 0.29) is 28.4 Å². The molecule has 7 nitrogen and oxygen atoms in total. The van der Waals surface area contributed by atoms with Gasteiger partial charge in [0.05, 0.1) is 29.2 Å². The second kappa shape index (κ2) is 10.2. The molecular weight excluding hydrogens is 469 g/mol. The molecule has 3 aromatic rings. The minimum Gasteiger partial charge on any atom is -0.344 e. The molecular formula is C26H27ClFN5O2. The van der Waals surface area contributed by atoms with Crippen LogP contribution in [0.15, 0.2) is 61.1 Å². The maximum Gasteiger partial charge on any atom is 0.269 e. The van der Waals surface area contributed by atoms with Crippen LogP contribution in [-0.4, -0.2) is 64.3 Å². The summed E-state index contributed by atoms with van der Waals surface area (Å²) in [5.41, 5.74) is 1.45. The first-order chi connectivity index (χ1) is 17.0. The average molecular weight is 496 g/mol. The monoisotopic (exact) mass is 495 g/mol. The van der Waals surface area contributed by atoms with Gasteiger partial charge in [-0.3, -0.25) is 9.59 Å². The van der Waals surface area contributed by atoms with Gasteiger partial charge in [0, 0.05) is 32.7 Å². The molecule has 0 spiro atoms. The second-order valence-corrected chi connectivity index (χ2v) is 9.68. The number of halogens is 2. The summed E-state index contributed by atoms with van der Waals surface area (Å²) in [4.78, 5) is 36.5. The number of hydrogen-bond donors (Lipinski definition) is 2. The third-order valence-electron chi connectivity index (χ3n) is 7.01. The van der Waals surface area contributed by atoms with Crippen molar-refractivity contribution in [1.82, 2.24) is 25.1 Å². The third-order valence-corrected chi connectivity index (χ3v) is 7.32. The number of imidazole rings is 1. The number of rotatable bonds is 7. The number of fused-ring (bicyclic) bond motifs is 1. The fourth-order valence-electron chi connectivity index (χ4n) is 5.23. The molecule has 2 aliphatic rings. The average Bonchev–Trinajstić information content (AvgIpc) is 3.59. The summed E-state index contributed by atoms with van der Waals surface area (Å²) < 4.78 is 14.2. The van der Waals surface area contributed by atoms with Gasteiger partial charge in [-0.05, 0) is 36.0 Å². The van der Waals surface area contributed by atoms with Crippen molar-refractivity contribution >= 4 is 23.4 Å². The topological polar surface area (TPSA) is 81.3 Å². The van der Waals surface area contributed by atoms with E-state index in [2.05, 4.69) is 20.2 Å². The number of aromatic nitrogens is 2. The highest BCUT2D eigenvalue weighted by atomic mass is 35.5. The van der Waals surface area contributed by atoms with Crippen molar-refractivity contribution in [2.24, 2.45) is 11.8 Å². The smallest absolute Gasteiger partial charge is 0.269 e. The Labute approximate surface area is 208 Å². The molecule has 3 heterocycles. The highest BCUT2D eigenvalue weighted by Crippen LogP contribution is 2.33. The molecule has 0 bridgehead atoms. The normalized spacial score (nSPS) is 20.6. The molecule has 2 amide bonds. The molecule has 0 radical (unpaired) electrons. The molecule has 3 atom stereocenters. The highest BCUT2D eigenvalue weighted by Gasteiger charge is 2.42. The van der Waals surface area contributed by atoms with E-state index in [1.54, 1.807) is 11.0 Å². The first-order valence-electron chi connectivity index (χ1n) is 11.8. The number of H-pyrrole nitrogens is 1. The lowest BCUT2D eigenvalue weighted by molar-refractivity contribution is 0.0769. The third kappa shape index (κ3) is 5.09. The van der Waals surface area contributed by atoms with E-state index in [1.165, 1.54) is 24.7 Å². The van der Waals surface area contributed by atoms with Crippen molar-refractivity contribution in [2.75, 3.05) is 32.7 Å². The highest BCUT2D eigenvalue weighted by molar-refractivity contribution is 6.33. The number of benzene rings is 2. The number of carbonyl (C=O) groups is 2. The zero-order chi connectivity index (χ0) is 24.4. The van der Waals surface area contributed by atoms with Crippen LogP contribution in [0, 0.1) is 17.7 Å². The Hall–Kier alpha value is -3.23. The van der Waals surface area contributed by atoms with E-state index in [1.807, 2.05) is 30.3 Å². The molecule has 2 saturated heterocycles. The molecule has 0 saturated carbocycles. The summed E-state index contributed by atoms with van der Waals surface area (Å²) >= 11 is 6.11. The fourth-order valence-corrected chi connectivity index (χ4v) is 5.48. The summed E-state index contributed by atoms with van der Waals surface area (Å²) in [6.07, 6.45) is 3.76. The van der Waals surface area contributed by atoms with Crippen molar-refractivity contribution in [3.05, 3.63) is 88.7 Å². The van der Waals surface area contributed by atoms with Crippen LogP contribution >= 0.6 is 11.6 Å². The van der Waals surface area contributed by atoms with E-state index < -0.39 is 5.82 Å². The molecule has 0 aliphatic carbocycles. The standard InChI is InChI=1S/C26H27ClFN5O2/c27-20-7-4-8-21(28)24(20)26(35)33-14-18-12-32(13-19(18)15-33)10-9-22(17-5-2-1-3-6-17)31-25(34)23-11-29-16-30-23/h1-8,11,16,18-19,22H,9-10,12-15H2,(H,29,30)(H,31,34)/t18-,19?,22?/m0/s1. The first kappa shape index (κ1) is 23.5. The van der Waals surface area contributed by atoms with Crippen LogP contribution in [0.3, 0.4) is 0 Å². The molecule has 9 heteroatoms. The zero-order valence-corrected chi connectivity index (χ0v) is 19.9. The minimum atomic E-state index is -0.578. The maximum absolute atomic E-state index is 14.2. The number of amides is 2. The van der Waals surface area contributed by atoms with Crippen LogP contribution < -0.4 is 5.32 Å². The Kier molecular flexibility index (Phi) is 6.83. The van der Waals surface area contributed by atoms with Gasteiger partial charge in [-0.2, -0.15) is 0 Å². The van der Waals surface area contributed by atoms with Crippen LogP contribution in [0.25, 0.3) is 0 Å². The number of nitrogens with one attached hydrogen (secondary N) is 2. The summed E-state index contributed by atoms with van der Waals surface area (Å²) in [6, 6.07) is 14.1. The van der Waals surface area contributed by atoms with Gasteiger partial charge in [0.15, 0.2) is 0 Å². The zero-order valence-electron chi connectivity index (χ0n) is 19.2. The van der Waals surface area contributed by atoms with Crippen LogP contribution in [-0.2, 0) is 0 Å². The SMILES string of the molecule is O=C(NC(CCN1CC2CN(C(=O)c3c(F)cccc3Cl)C[C@@H]2C1)c1ccccc1)c1cnc[nH]1. The molecule has 2 aliphatic heterocycles. The predicted molar refractivity (Wildman–Crippen MR) is 131 cm³/mol. The summed E-state index contributed by atoms with van der Waals surface area (Å²) in [6.45, 7) is 3.76. The number of nitrogens with zero attached hydrogens (tertiary/aromatic N) is 3. The molecule has 2 aromatic carbocycles. The number of carbonyl (C=O) groups excluding carboxylic acids is 2. The lowest BCUT2D eigenvalue weighted by atomic mass is 10.0. The molecule has 2 unspecified atom stereocenters. The Morgan fingerprint density at radius 1 is 1.09 bits per heavy atom. The Morgan fingerprint density at radius 2 is 1.83 bits per heavy atom. The molecule has 1 aromatic heterocycles. The largest absolute Gasteiger partial charge is 0.344 e. The van der Waals surface area contributed by atoms with Gasteiger partial charge in [-0.25, -0.2) is 9.37 Å². The number of likely N-dealkylation sites (tertiary alicyclic amines) is 2. The van der Waals surface area contributed by atoms with Crippen molar-refractivity contribution in [2.45, 2.75) is 12.5 Å². The molecule has 182 valence electrons. The molecule has 2 N–H and O–H groups in total. The van der Waals surface area contributed by atoms with E-state index in [0.29, 0.717) is 30.6 Å². The van der Waals surface area contributed by atoms with Crippen molar-refractivity contribution in [1.29, 1.82) is 0 Å². The Bertz CT molecular complexity index is 1160. The maximum atomic E-state index is 14.2. The Balaban J connectivity index is 1.18. The summed E-state index contributed by atoms with van der Waals surface area (Å²) in [5.74, 6) is -0.404.